The SMILES string of the molecule is O=c1cc(Sc2cccc(/C=C/c3ccc(C(F)(F)F)cc3)c2)[nH]c2ccccc12. The summed E-state index contributed by atoms with van der Waals surface area (Å²) in [6.07, 6.45) is -0.727. The van der Waals surface area contributed by atoms with Gasteiger partial charge in [-0.15, -0.1) is 0 Å². The van der Waals surface area contributed by atoms with Crippen LogP contribution in [0.1, 0.15) is 16.7 Å². The molecule has 4 aromatic rings. The molecule has 0 aliphatic carbocycles. The Labute approximate surface area is 175 Å². The molecule has 4 rings (SSSR count). The quantitative estimate of drug-likeness (QED) is 0.363. The van der Waals surface area contributed by atoms with Gasteiger partial charge >= 0.3 is 6.18 Å². The minimum atomic E-state index is -4.34. The number of nitrogens with one attached hydrogen (secondary N) is 1. The summed E-state index contributed by atoms with van der Waals surface area (Å²) >= 11 is 1.44. The largest absolute Gasteiger partial charge is 0.416 e. The van der Waals surface area contributed by atoms with Crippen LogP contribution >= 0.6 is 11.8 Å². The van der Waals surface area contributed by atoms with Crippen LogP contribution in [0.2, 0.25) is 0 Å². The predicted molar refractivity (Wildman–Crippen MR) is 116 cm³/mol. The summed E-state index contributed by atoms with van der Waals surface area (Å²) in [6, 6.07) is 21.7. The van der Waals surface area contributed by atoms with Crippen molar-refractivity contribution in [1.82, 2.24) is 4.98 Å². The first-order valence-electron chi connectivity index (χ1n) is 9.14. The van der Waals surface area contributed by atoms with Crippen molar-refractivity contribution in [3.05, 3.63) is 106 Å². The molecule has 0 aliphatic rings. The Bertz CT molecular complexity index is 1270. The van der Waals surface area contributed by atoms with E-state index < -0.39 is 11.7 Å². The molecule has 0 saturated carbocycles. The smallest absolute Gasteiger partial charge is 0.349 e. The highest BCUT2D eigenvalue weighted by atomic mass is 32.2. The fourth-order valence-electron chi connectivity index (χ4n) is 3.01. The molecule has 0 amide bonds. The van der Waals surface area contributed by atoms with E-state index in [1.54, 1.807) is 18.2 Å². The molecule has 0 fully saturated rings. The summed E-state index contributed by atoms with van der Waals surface area (Å²) in [4.78, 5) is 16.5. The first-order valence-corrected chi connectivity index (χ1v) is 9.95. The number of hydrogen-bond acceptors (Lipinski definition) is 2. The molecular formula is C24H16F3NOS. The number of fused-ring (bicyclic) bond motifs is 1. The highest BCUT2D eigenvalue weighted by Gasteiger charge is 2.29. The maximum absolute atomic E-state index is 12.7. The van der Waals surface area contributed by atoms with E-state index >= 15 is 0 Å². The van der Waals surface area contributed by atoms with Gasteiger partial charge in [0.2, 0.25) is 0 Å². The topological polar surface area (TPSA) is 32.9 Å². The summed E-state index contributed by atoms with van der Waals surface area (Å²) in [5, 5.41) is 1.39. The highest BCUT2D eigenvalue weighted by molar-refractivity contribution is 7.99. The Morgan fingerprint density at radius 1 is 0.800 bits per heavy atom. The van der Waals surface area contributed by atoms with Crippen molar-refractivity contribution in [2.24, 2.45) is 0 Å². The van der Waals surface area contributed by atoms with Crippen LogP contribution in [0.15, 0.2) is 93.6 Å². The second-order valence-corrected chi connectivity index (χ2v) is 7.79. The third-order valence-electron chi connectivity index (χ3n) is 4.50. The molecule has 6 heteroatoms. The van der Waals surface area contributed by atoms with Crippen LogP contribution in [0.5, 0.6) is 0 Å². The fraction of sp³-hybridized carbons (Fsp3) is 0.0417. The van der Waals surface area contributed by atoms with Crippen LogP contribution in [0, 0.1) is 0 Å². The molecule has 1 N–H and O–H groups in total. The van der Waals surface area contributed by atoms with Crippen molar-refractivity contribution in [1.29, 1.82) is 0 Å². The van der Waals surface area contributed by atoms with Crippen LogP contribution in [0.4, 0.5) is 13.2 Å². The number of para-hydroxylation sites is 1. The van der Waals surface area contributed by atoms with Gasteiger partial charge in [-0.05, 0) is 47.5 Å². The van der Waals surface area contributed by atoms with Gasteiger partial charge in [0.25, 0.3) is 0 Å². The molecule has 30 heavy (non-hydrogen) atoms. The van der Waals surface area contributed by atoms with Crippen LogP contribution < -0.4 is 5.43 Å². The zero-order chi connectivity index (χ0) is 21.1. The lowest BCUT2D eigenvalue weighted by Gasteiger charge is -2.06. The molecule has 2 nitrogen and oxygen atoms in total. The van der Waals surface area contributed by atoms with Gasteiger partial charge in [-0.3, -0.25) is 4.79 Å². The van der Waals surface area contributed by atoms with Gasteiger partial charge in [0, 0.05) is 16.3 Å². The zero-order valence-corrected chi connectivity index (χ0v) is 16.4. The maximum Gasteiger partial charge on any atom is 0.416 e. The lowest BCUT2D eigenvalue weighted by molar-refractivity contribution is -0.137. The van der Waals surface area contributed by atoms with Gasteiger partial charge in [-0.25, -0.2) is 0 Å². The van der Waals surface area contributed by atoms with Crippen LogP contribution in [0.3, 0.4) is 0 Å². The van der Waals surface area contributed by atoms with Gasteiger partial charge in [0.15, 0.2) is 5.43 Å². The summed E-state index contributed by atoms with van der Waals surface area (Å²) in [6.45, 7) is 0. The zero-order valence-electron chi connectivity index (χ0n) is 15.6. The van der Waals surface area contributed by atoms with Crippen molar-refractivity contribution < 1.29 is 13.2 Å². The van der Waals surface area contributed by atoms with E-state index in [9.17, 15) is 18.0 Å². The first-order chi connectivity index (χ1) is 14.4. The molecule has 3 aromatic carbocycles. The minimum absolute atomic E-state index is 0.0368. The Balaban J connectivity index is 1.53. The highest BCUT2D eigenvalue weighted by Crippen LogP contribution is 2.30. The van der Waals surface area contributed by atoms with Crippen molar-refractivity contribution in [3.8, 4) is 0 Å². The summed E-state index contributed by atoms with van der Waals surface area (Å²) < 4.78 is 38.0. The number of aromatic nitrogens is 1. The minimum Gasteiger partial charge on any atom is -0.349 e. The van der Waals surface area contributed by atoms with E-state index in [1.165, 1.54) is 23.9 Å². The van der Waals surface area contributed by atoms with Gasteiger partial charge in [0.05, 0.1) is 16.1 Å². The second-order valence-electron chi connectivity index (χ2n) is 6.67. The normalized spacial score (nSPS) is 12.0. The molecule has 0 aliphatic heterocycles. The Morgan fingerprint density at radius 2 is 1.53 bits per heavy atom. The summed E-state index contributed by atoms with van der Waals surface area (Å²) in [5.41, 5.74) is 1.67. The van der Waals surface area contributed by atoms with Crippen LogP contribution in [-0.2, 0) is 6.18 Å². The molecule has 1 aromatic heterocycles. The van der Waals surface area contributed by atoms with E-state index in [4.69, 9.17) is 0 Å². The van der Waals surface area contributed by atoms with E-state index in [0.29, 0.717) is 10.9 Å². The molecule has 1 heterocycles. The average molecular weight is 423 g/mol. The van der Waals surface area contributed by atoms with E-state index in [1.807, 2.05) is 48.5 Å². The maximum atomic E-state index is 12.7. The van der Waals surface area contributed by atoms with Crippen molar-refractivity contribution in [3.63, 3.8) is 0 Å². The molecule has 0 atom stereocenters. The third kappa shape index (κ3) is 4.66. The number of rotatable bonds is 4. The van der Waals surface area contributed by atoms with Crippen LogP contribution in [-0.4, -0.2) is 4.98 Å². The number of aromatic amines is 1. The average Bonchev–Trinajstić information content (AvgIpc) is 2.72. The third-order valence-corrected chi connectivity index (χ3v) is 5.43. The molecular weight excluding hydrogens is 407 g/mol. The molecule has 150 valence electrons. The fourth-order valence-corrected chi connectivity index (χ4v) is 3.93. The standard InChI is InChI=1S/C24H16F3NOS/c25-24(26,27)18-12-10-16(11-13-18)8-9-17-4-3-5-19(14-17)30-23-15-22(29)20-6-1-2-7-21(20)28-23/h1-15H,(H,28,29)/b9-8+. The number of alkyl halides is 3. The Morgan fingerprint density at radius 3 is 2.30 bits per heavy atom. The Kier molecular flexibility index (Phi) is 5.50. The van der Waals surface area contributed by atoms with Gasteiger partial charge in [0.1, 0.15) is 0 Å². The Hall–Kier alpha value is -3.25. The molecule has 0 unspecified atom stereocenters. The second kappa shape index (κ2) is 8.24. The van der Waals surface area contributed by atoms with Crippen molar-refractivity contribution in [2.75, 3.05) is 0 Å². The number of H-pyrrole nitrogens is 1. The molecule has 0 saturated heterocycles. The van der Waals surface area contributed by atoms with Crippen molar-refractivity contribution >= 4 is 34.8 Å². The number of benzene rings is 3. The van der Waals surface area contributed by atoms with Crippen LogP contribution in [0.25, 0.3) is 23.1 Å². The number of pyridine rings is 1. The lowest BCUT2D eigenvalue weighted by Crippen LogP contribution is -2.03. The predicted octanol–water partition coefficient (Wildman–Crippen LogP) is 6.87. The molecule has 0 bridgehead atoms. The monoisotopic (exact) mass is 423 g/mol. The summed E-state index contributed by atoms with van der Waals surface area (Å²) in [5.74, 6) is 0. The summed E-state index contributed by atoms with van der Waals surface area (Å²) in [7, 11) is 0. The van der Waals surface area contributed by atoms with Crippen molar-refractivity contribution in [2.45, 2.75) is 16.1 Å². The van der Waals surface area contributed by atoms with Gasteiger partial charge in [-0.1, -0.05) is 60.3 Å². The van der Waals surface area contributed by atoms with E-state index in [0.717, 1.165) is 33.1 Å². The van der Waals surface area contributed by atoms with E-state index in [-0.39, 0.29) is 5.43 Å². The molecule has 0 spiro atoms. The number of hydrogen-bond donors (Lipinski definition) is 1. The van der Waals surface area contributed by atoms with Gasteiger partial charge < -0.3 is 4.98 Å². The molecule has 0 radical (unpaired) electrons. The first kappa shape index (κ1) is 20.0. The van der Waals surface area contributed by atoms with Gasteiger partial charge in [-0.2, -0.15) is 13.2 Å². The lowest BCUT2D eigenvalue weighted by atomic mass is 10.1. The number of halogens is 3. The van der Waals surface area contributed by atoms with E-state index in [2.05, 4.69) is 4.98 Å².